The Morgan fingerprint density at radius 3 is 2.31 bits per heavy atom. The summed E-state index contributed by atoms with van der Waals surface area (Å²) in [4.78, 5) is 8.98. The number of alkyl halides is 3. The summed E-state index contributed by atoms with van der Waals surface area (Å²) in [6.07, 6.45) is -3.30. The second kappa shape index (κ2) is 10.9. The Morgan fingerprint density at radius 2 is 1.63 bits per heavy atom. The molecule has 1 heterocycles. The van der Waals surface area contributed by atoms with Gasteiger partial charge >= 0.3 is 6.36 Å². The van der Waals surface area contributed by atoms with Gasteiger partial charge in [-0.1, -0.05) is 54.1 Å². The summed E-state index contributed by atoms with van der Waals surface area (Å²) < 4.78 is 40.8. The molecule has 4 aromatic rings. The van der Waals surface area contributed by atoms with E-state index in [2.05, 4.69) is 30.5 Å². The molecule has 0 spiro atoms. The maximum absolute atomic E-state index is 12.3. The molecular formula is C25H19ClF3N5O. The molecule has 0 aliphatic carbocycles. The summed E-state index contributed by atoms with van der Waals surface area (Å²) in [6.45, 7) is 0.525. The van der Waals surface area contributed by atoms with Crippen LogP contribution in [0.2, 0.25) is 5.02 Å². The standard InChI is InChI=1S/C25H19ClF3N5O/c26-20-10-6-17(7-11-20)15-30-23-14-22(19-4-2-1-3-5-19)32-24(33-23)34-31-16-18-8-12-21(13-9-18)35-25(27,28)29/h1-14,16H,15H2,(H2,30,32,33,34)/b31-16+. The topological polar surface area (TPSA) is 71.4 Å². The fourth-order valence-corrected chi connectivity index (χ4v) is 3.19. The molecule has 35 heavy (non-hydrogen) atoms. The summed E-state index contributed by atoms with van der Waals surface area (Å²) in [7, 11) is 0. The minimum absolute atomic E-state index is 0.248. The molecule has 0 saturated heterocycles. The largest absolute Gasteiger partial charge is 0.573 e. The normalized spacial score (nSPS) is 11.4. The number of hydrogen-bond donors (Lipinski definition) is 2. The quantitative estimate of drug-likeness (QED) is 0.208. The second-order valence-corrected chi connectivity index (χ2v) is 7.73. The highest BCUT2D eigenvalue weighted by Gasteiger charge is 2.30. The van der Waals surface area contributed by atoms with Crippen molar-refractivity contribution in [2.45, 2.75) is 12.9 Å². The molecule has 10 heteroatoms. The van der Waals surface area contributed by atoms with E-state index >= 15 is 0 Å². The highest BCUT2D eigenvalue weighted by atomic mass is 35.5. The van der Waals surface area contributed by atoms with E-state index in [1.165, 1.54) is 30.5 Å². The zero-order valence-electron chi connectivity index (χ0n) is 18.1. The van der Waals surface area contributed by atoms with Gasteiger partial charge in [-0.2, -0.15) is 10.1 Å². The average molecular weight is 498 g/mol. The number of hydrogen-bond acceptors (Lipinski definition) is 6. The number of nitrogens with one attached hydrogen (secondary N) is 2. The predicted molar refractivity (Wildman–Crippen MR) is 131 cm³/mol. The van der Waals surface area contributed by atoms with Gasteiger partial charge in [-0.25, -0.2) is 10.4 Å². The van der Waals surface area contributed by atoms with Crippen molar-refractivity contribution in [3.05, 3.63) is 101 Å². The van der Waals surface area contributed by atoms with E-state index in [-0.39, 0.29) is 11.7 Å². The van der Waals surface area contributed by atoms with Crippen molar-refractivity contribution in [3.63, 3.8) is 0 Å². The first-order valence-electron chi connectivity index (χ1n) is 10.4. The molecule has 2 N–H and O–H groups in total. The molecule has 0 radical (unpaired) electrons. The zero-order valence-corrected chi connectivity index (χ0v) is 18.9. The average Bonchev–Trinajstić information content (AvgIpc) is 2.84. The minimum atomic E-state index is -4.74. The molecule has 6 nitrogen and oxygen atoms in total. The van der Waals surface area contributed by atoms with E-state index in [4.69, 9.17) is 11.6 Å². The van der Waals surface area contributed by atoms with Gasteiger partial charge in [-0.15, -0.1) is 13.2 Å². The first kappa shape index (κ1) is 24.0. The molecular weight excluding hydrogens is 479 g/mol. The summed E-state index contributed by atoms with van der Waals surface area (Å²) in [5.41, 5.74) is 5.96. The summed E-state index contributed by atoms with van der Waals surface area (Å²) >= 11 is 5.95. The molecule has 1 aromatic heterocycles. The van der Waals surface area contributed by atoms with Crippen molar-refractivity contribution >= 4 is 29.6 Å². The van der Waals surface area contributed by atoms with Crippen LogP contribution in [-0.2, 0) is 6.54 Å². The molecule has 0 saturated carbocycles. The smallest absolute Gasteiger partial charge is 0.406 e. The number of aromatic nitrogens is 2. The van der Waals surface area contributed by atoms with Crippen LogP contribution in [0.3, 0.4) is 0 Å². The van der Waals surface area contributed by atoms with Gasteiger partial charge in [0.05, 0.1) is 11.9 Å². The Kier molecular flexibility index (Phi) is 7.47. The van der Waals surface area contributed by atoms with Crippen molar-refractivity contribution in [2.75, 3.05) is 10.7 Å². The van der Waals surface area contributed by atoms with Gasteiger partial charge in [0.1, 0.15) is 11.6 Å². The Morgan fingerprint density at radius 1 is 0.914 bits per heavy atom. The monoisotopic (exact) mass is 497 g/mol. The molecule has 0 atom stereocenters. The van der Waals surface area contributed by atoms with E-state index in [9.17, 15) is 13.2 Å². The maximum atomic E-state index is 12.3. The van der Waals surface area contributed by atoms with Gasteiger partial charge in [0, 0.05) is 23.2 Å². The van der Waals surface area contributed by atoms with Crippen molar-refractivity contribution in [3.8, 4) is 17.0 Å². The lowest BCUT2D eigenvalue weighted by atomic mass is 10.1. The van der Waals surface area contributed by atoms with Crippen LogP contribution in [0, 0.1) is 0 Å². The Bertz CT molecular complexity index is 1280. The number of halogens is 4. The molecule has 4 rings (SSSR count). The molecule has 0 bridgehead atoms. The van der Waals surface area contributed by atoms with Gasteiger partial charge in [0.15, 0.2) is 0 Å². The van der Waals surface area contributed by atoms with Gasteiger partial charge in [-0.05, 0) is 47.5 Å². The molecule has 0 fully saturated rings. The third kappa shape index (κ3) is 7.44. The van der Waals surface area contributed by atoms with Crippen LogP contribution in [-0.4, -0.2) is 22.5 Å². The zero-order chi connectivity index (χ0) is 24.7. The van der Waals surface area contributed by atoms with Crippen molar-refractivity contribution < 1.29 is 17.9 Å². The Hall–Kier alpha value is -4.11. The highest BCUT2D eigenvalue weighted by Crippen LogP contribution is 2.23. The lowest BCUT2D eigenvalue weighted by Crippen LogP contribution is -2.17. The number of hydrazone groups is 1. The van der Waals surface area contributed by atoms with Crippen molar-refractivity contribution in [2.24, 2.45) is 5.10 Å². The van der Waals surface area contributed by atoms with Crippen LogP contribution in [0.4, 0.5) is 24.9 Å². The third-order valence-corrected chi connectivity index (χ3v) is 4.93. The summed E-state index contributed by atoms with van der Waals surface area (Å²) in [6, 6.07) is 24.2. The van der Waals surface area contributed by atoms with Crippen LogP contribution in [0.25, 0.3) is 11.3 Å². The highest BCUT2D eigenvalue weighted by molar-refractivity contribution is 6.30. The maximum Gasteiger partial charge on any atom is 0.573 e. The third-order valence-electron chi connectivity index (χ3n) is 4.67. The number of anilines is 2. The van der Waals surface area contributed by atoms with Gasteiger partial charge in [-0.3, -0.25) is 0 Å². The molecule has 0 unspecified atom stereocenters. The van der Waals surface area contributed by atoms with E-state index in [1.54, 1.807) is 0 Å². The minimum Gasteiger partial charge on any atom is -0.406 e. The summed E-state index contributed by atoms with van der Waals surface area (Å²) in [5.74, 6) is 0.524. The van der Waals surface area contributed by atoms with Crippen LogP contribution < -0.4 is 15.5 Å². The molecule has 0 amide bonds. The Balaban J connectivity index is 1.49. The summed E-state index contributed by atoms with van der Waals surface area (Å²) in [5, 5.41) is 8.05. The number of ether oxygens (including phenoxy) is 1. The fourth-order valence-electron chi connectivity index (χ4n) is 3.06. The SMILES string of the molecule is FC(F)(F)Oc1ccc(/C=N/Nc2nc(NCc3ccc(Cl)cc3)cc(-c3ccccc3)n2)cc1. The predicted octanol–water partition coefficient (Wildman–Crippen LogP) is 6.75. The van der Waals surface area contributed by atoms with E-state index in [0.717, 1.165) is 11.1 Å². The van der Waals surface area contributed by atoms with Crippen LogP contribution in [0.5, 0.6) is 5.75 Å². The molecule has 0 aliphatic heterocycles. The Labute approximate surface area is 204 Å². The second-order valence-electron chi connectivity index (χ2n) is 7.29. The fraction of sp³-hybridized carbons (Fsp3) is 0.0800. The van der Waals surface area contributed by atoms with Crippen molar-refractivity contribution in [1.29, 1.82) is 0 Å². The van der Waals surface area contributed by atoms with Gasteiger partial charge in [0.2, 0.25) is 5.95 Å². The van der Waals surface area contributed by atoms with Gasteiger partial charge in [0.25, 0.3) is 0 Å². The van der Waals surface area contributed by atoms with Crippen LogP contribution in [0.1, 0.15) is 11.1 Å². The lowest BCUT2D eigenvalue weighted by Gasteiger charge is -2.10. The molecule has 178 valence electrons. The van der Waals surface area contributed by atoms with Crippen LogP contribution >= 0.6 is 11.6 Å². The van der Waals surface area contributed by atoms with E-state index < -0.39 is 6.36 Å². The van der Waals surface area contributed by atoms with Crippen LogP contribution in [0.15, 0.2) is 90.0 Å². The van der Waals surface area contributed by atoms with E-state index in [0.29, 0.717) is 28.6 Å². The number of benzene rings is 3. The van der Waals surface area contributed by atoms with E-state index in [1.807, 2.05) is 60.7 Å². The first-order chi connectivity index (χ1) is 16.8. The molecule has 0 aliphatic rings. The van der Waals surface area contributed by atoms with Gasteiger partial charge < -0.3 is 10.1 Å². The number of rotatable bonds is 8. The van der Waals surface area contributed by atoms with Crippen molar-refractivity contribution in [1.82, 2.24) is 9.97 Å². The molecule has 3 aromatic carbocycles. The number of nitrogens with zero attached hydrogens (tertiary/aromatic N) is 3. The lowest BCUT2D eigenvalue weighted by molar-refractivity contribution is -0.274. The first-order valence-corrected chi connectivity index (χ1v) is 10.8.